The number of benzene rings is 1. The molecule has 22 heavy (non-hydrogen) atoms. The van der Waals surface area contributed by atoms with Crippen LogP contribution in [0.15, 0.2) is 30.3 Å². The molecule has 118 valence electrons. The Hall–Kier alpha value is -1.56. The molecule has 0 radical (unpaired) electrons. The Kier molecular flexibility index (Phi) is 5.45. The van der Waals surface area contributed by atoms with Crippen LogP contribution in [0.5, 0.6) is 0 Å². The summed E-state index contributed by atoms with van der Waals surface area (Å²) in [6, 6.07) is 9.15. The molecule has 2 aromatic rings. The van der Waals surface area contributed by atoms with E-state index in [0.29, 0.717) is 28.9 Å². The van der Waals surface area contributed by atoms with Gasteiger partial charge in [-0.05, 0) is 30.9 Å². The summed E-state index contributed by atoms with van der Waals surface area (Å²) in [5.41, 5.74) is 7.57. The van der Waals surface area contributed by atoms with E-state index >= 15 is 0 Å². The second-order valence-corrected chi connectivity index (χ2v) is 5.71. The van der Waals surface area contributed by atoms with Crippen molar-refractivity contribution in [2.24, 2.45) is 11.7 Å². The van der Waals surface area contributed by atoms with Crippen LogP contribution in [-0.2, 0) is 0 Å². The van der Waals surface area contributed by atoms with Gasteiger partial charge in [0.2, 0.25) is 0 Å². The molecule has 1 amide bonds. The second kappa shape index (κ2) is 7.13. The van der Waals surface area contributed by atoms with E-state index in [-0.39, 0.29) is 24.4 Å². The monoisotopic (exact) mass is 340 g/mol. The Morgan fingerprint density at radius 1 is 1.45 bits per heavy atom. The first kappa shape index (κ1) is 16.8. The Morgan fingerprint density at radius 3 is 2.82 bits per heavy atom. The van der Waals surface area contributed by atoms with Crippen molar-refractivity contribution in [3.05, 3.63) is 41.0 Å². The fourth-order valence-electron chi connectivity index (χ4n) is 2.36. The second-order valence-electron chi connectivity index (χ2n) is 5.30. The maximum absolute atomic E-state index is 12.2. The predicted molar refractivity (Wildman–Crippen MR) is 89.3 cm³/mol. The highest BCUT2D eigenvalue weighted by Gasteiger charge is 2.31. The van der Waals surface area contributed by atoms with Crippen LogP contribution < -0.4 is 11.1 Å². The Bertz CT molecular complexity index is 654. The number of rotatable bonds is 5. The number of carbonyl (C=O) groups excluding carboxylic acids is 1. The summed E-state index contributed by atoms with van der Waals surface area (Å²) in [5, 5.41) is 10.5. The first-order chi connectivity index (χ1) is 10.2. The van der Waals surface area contributed by atoms with E-state index < -0.39 is 0 Å². The topological polar surface area (TPSA) is 83.8 Å². The van der Waals surface area contributed by atoms with Gasteiger partial charge in [-0.1, -0.05) is 29.8 Å². The molecule has 0 aliphatic heterocycles. The lowest BCUT2D eigenvalue weighted by atomic mass is 10.1. The highest BCUT2D eigenvalue weighted by atomic mass is 35.5. The molecule has 1 fully saturated rings. The van der Waals surface area contributed by atoms with E-state index in [1.807, 2.05) is 18.2 Å². The third kappa shape index (κ3) is 3.61. The molecule has 1 atom stereocenters. The molecule has 4 N–H and O–H groups in total. The third-order valence-corrected chi connectivity index (χ3v) is 4.06. The van der Waals surface area contributed by atoms with Gasteiger partial charge in [0.05, 0.1) is 10.7 Å². The Morgan fingerprint density at radius 2 is 2.18 bits per heavy atom. The van der Waals surface area contributed by atoms with Crippen molar-refractivity contribution in [3.63, 3.8) is 0 Å². The minimum absolute atomic E-state index is 0. The first-order valence-corrected chi connectivity index (χ1v) is 7.38. The van der Waals surface area contributed by atoms with E-state index in [4.69, 9.17) is 17.3 Å². The summed E-state index contributed by atoms with van der Waals surface area (Å²) in [6.07, 6.45) is 2.27. The Labute approximate surface area is 140 Å². The summed E-state index contributed by atoms with van der Waals surface area (Å²) in [6.45, 7) is 0.460. The summed E-state index contributed by atoms with van der Waals surface area (Å²) in [4.78, 5) is 12.2. The van der Waals surface area contributed by atoms with Gasteiger partial charge in [0.25, 0.3) is 5.91 Å². The van der Waals surface area contributed by atoms with E-state index in [9.17, 15) is 4.79 Å². The standard InChI is InChI=1S/C15H17ClN4O.ClH/c16-11-4-2-1-3-10(11)12-7-13(20-19-12)15(21)18-14(8-17)9-5-6-9;/h1-4,7,9,14H,5-6,8,17H2,(H,18,21)(H,19,20);1H. The number of aromatic amines is 1. The molecule has 7 heteroatoms. The van der Waals surface area contributed by atoms with Gasteiger partial charge in [-0.3, -0.25) is 9.89 Å². The van der Waals surface area contributed by atoms with Gasteiger partial charge in [0.15, 0.2) is 0 Å². The van der Waals surface area contributed by atoms with Gasteiger partial charge in [-0.25, -0.2) is 0 Å². The first-order valence-electron chi connectivity index (χ1n) is 7.00. The van der Waals surface area contributed by atoms with Crippen molar-refractivity contribution in [1.82, 2.24) is 15.5 Å². The average Bonchev–Trinajstić information content (AvgIpc) is 3.21. The van der Waals surface area contributed by atoms with Gasteiger partial charge in [0.1, 0.15) is 5.69 Å². The molecule has 1 aromatic carbocycles. The minimum atomic E-state index is -0.178. The number of nitrogens with two attached hydrogens (primary N) is 1. The lowest BCUT2D eigenvalue weighted by Gasteiger charge is -2.14. The zero-order valence-corrected chi connectivity index (χ0v) is 13.5. The van der Waals surface area contributed by atoms with Gasteiger partial charge >= 0.3 is 0 Å². The van der Waals surface area contributed by atoms with Gasteiger partial charge in [-0.15, -0.1) is 12.4 Å². The molecule has 0 bridgehead atoms. The number of halogens is 2. The molecule has 1 heterocycles. The number of nitrogens with zero attached hydrogens (tertiary/aromatic N) is 1. The van der Waals surface area contributed by atoms with Crippen LogP contribution >= 0.6 is 24.0 Å². The quantitative estimate of drug-likeness (QED) is 0.782. The van der Waals surface area contributed by atoms with Crippen LogP contribution in [0.25, 0.3) is 11.3 Å². The van der Waals surface area contributed by atoms with Crippen molar-refractivity contribution in [1.29, 1.82) is 0 Å². The maximum atomic E-state index is 12.2. The molecule has 1 aliphatic carbocycles. The Balaban J connectivity index is 0.00000176. The number of amides is 1. The molecule has 1 unspecified atom stereocenters. The molecule has 1 aromatic heterocycles. The highest BCUT2D eigenvalue weighted by molar-refractivity contribution is 6.33. The van der Waals surface area contributed by atoms with Crippen LogP contribution in [0.3, 0.4) is 0 Å². The molecular weight excluding hydrogens is 323 g/mol. The number of aromatic nitrogens is 2. The summed E-state index contributed by atoms with van der Waals surface area (Å²) < 4.78 is 0. The van der Waals surface area contributed by atoms with E-state index in [0.717, 1.165) is 18.4 Å². The SMILES string of the molecule is Cl.NCC(NC(=O)c1cc(-c2ccccc2Cl)n[nH]1)C1CC1. The van der Waals surface area contributed by atoms with Gasteiger partial charge < -0.3 is 11.1 Å². The number of hydrogen-bond acceptors (Lipinski definition) is 3. The predicted octanol–water partition coefficient (Wildman–Crippen LogP) is 2.62. The molecule has 1 saturated carbocycles. The maximum Gasteiger partial charge on any atom is 0.269 e. The smallest absolute Gasteiger partial charge is 0.269 e. The van der Waals surface area contributed by atoms with Crippen molar-refractivity contribution in [2.75, 3.05) is 6.54 Å². The van der Waals surface area contributed by atoms with Crippen LogP contribution in [0.2, 0.25) is 5.02 Å². The molecule has 3 rings (SSSR count). The molecular formula is C15H18Cl2N4O. The van der Waals surface area contributed by atoms with Crippen molar-refractivity contribution >= 4 is 29.9 Å². The fourth-order valence-corrected chi connectivity index (χ4v) is 2.59. The van der Waals surface area contributed by atoms with E-state index in [2.05, 4.69) is 15.5 Å². The largest absolute Gasteiger partial charge is 0.346 e. The third-order valence-electron chi connectivity index (χ3n) is 3.73. The van der Waals surface area contributed by atoms with E-state index in [1.54, 1.807) is 12.1 Å². The van der Waals surface area contributed by atoms with Crippen LogP contribution in [-0.4, -0.2) is 28.7 Å². The number of nitrogens with one attached hydrogen (secondary N) is 2. The summed E-state index contributed by atoms with van der Waals surface area (Å²) in [5.74, 6) is 0.341. The molecule has 0 saturated heterocycles. The van der Waals surface area contributed by atoms with Crippen LogP contribution in [0, 0.1) is 5.92 Å². The van der Waals surface area contributed by atoms with Crippen molar-refractivity contribution < 1.29 is 4.79 Å². The zero-order valence-electron chi connectivity index (χ0n) is 11.9. The number of hydrogen-bond donors (Lipinski definition) is 3. The lowest BCUT2D eigenvalue weighted by Crippen LogP contribution is -2.41. The molecule has 0 spiro atoms. The number of H-pyrrole nitrogens is 1. The zero-order chi connectivity index (χ0) is 14.8. The lowest BCUT2D eigenvalue weighted by molar-refractivity contribution is 0.0928. The average molecular weight is 341 g/mol. The fraction of sp³-hybridized carbons (Fsp3) is 0.333. The summed E-state index contributed by atoms with van der Waals surface area (Å²) in [7, 11) is 0. The van der Waals surface area contributed by atoms with Gasteiger partial charge in [0, 0.05) is 18.2 Å². The van der Waals surface area contributed by atoms with Crippen molar-refractivity contribution in [3.8, 4) is 11.3 Å². The molecule has 5 nitrogen and oxygen atoms in total. The number of carbonyl (C=O) groups is 1. The van der Waals surface area contributed by atoms with Gasteiger partial charge in [-0.2, -0.15) is 5.10 Å². The van der Waals surface area contributed by atoms with E-state index in [1.165, 1.54) is 0 Å². The van der Waals surface area contributed by atoms with Crippen LogP contribution in [0.4, 0.5) is 0 Å². The normalized spacial score (nSPS) is 15.0. The minimum Gasteiger partial charge on any atom is -0.346 e. The molecule has 1 aliphatic rings. The van der Waals surface area contributed by atoms with Crippen molar-refractivity contribution in [2.45, 2.75) is 18.9 Å². The van der Waals surface area contributed by atoms with Crippen LogP contribution in [0.1, 0.15) is 23.3 Å². The summed E-state index contributed by atoms with van der Waals surface area (Å²) >= 11 is 6.13. The highest BCUT2D eigenvalue weighted by Crippen LogP contribution is 2.32.